The Labute approximate surface area is 256 Å². The third-order valence-corrected chi connectivity index (χ3v) is 7.01. The van der Waals surface area contributed by atoms with E-state index in [2.05, 4.69) is 10.3 Å². The fourth-order valence-electron chi connectivity index (χ4n) is 4.73. The summed E-state index contributed by atoms with van der Waals surface area (Å²) in [5, 5.41) is 2.09. The minimum Gasteiger partial charge on any atom is -0.444 e. The largest absolute Gasteiger partial charge is 0.444 e. The summed E-state index contributed by atoms with van der Waals surface area (Å²) >= 11 is 6.49. The lowest BCUT2D eigenvalue weighted by molar-refractivity contribution is -0.136. The summed E-state index contributed by atoms with van der Waals surface area (Å²) in [4.78, 5) is 32.8. The van der Waals surface area contributed by atoms with E-state index in [0.717, 1.165) is 18.2 Å². The van der Waals surface area contributed by atoms with E-state index < -0.39 is 52.8 Å². The first-order valence-electron chi connectivity index (χ1n) is 13.6. The van der Waals surface area contributed by atoms with Gasteiger partial charge in [0.05, 0.1) is 16.8 Å². The first kappa shape index (κ1) is 32.7. The van der Waals surface area contributed by atoms with Gasteiger partial charge in [-0.25, -0.2) is 18.4 Å². The lowest BCUT2D eigenvalue weighted by Gasteiger charge is -2.41. The van der Waals surface area contributed by atoms with Gasteiger partial charge in [0.25, 0.3) is 0 Å². The van der Waals surface area contributed by atoms with Crippen molar-refractivity contribution in [3.63, 3.8) is 0 Å². The maximum atomic E-state index is 15.8. The molecule has 1 saturated heterocycles. The number of amidine groups is 1. The molecule has 4 rings (SSSR count). The number of alkyl halides is 3. The topological polar surface area (TPSA) is 74.2 Å². The van der Waals surface area contributed by atoms with Gasteiger partial charge in [-0.1, -0.05) is 41.9 Å². The summed E-state index contributed by atoms with van der Waals surface area (Å²) in [6, 6.07) is 10.4. The smallest absolute Gasteiger partial charge is 0.418 e. The number of benzene rings is 3. The Morgan fingerprint density at radius 3 is 2.25 bits per heavy atom. The summed E-state index contributed by atoms with van der Waals surface area (Å²) < 4.78 is 76.4. The minimum absolute atomic E-state index is 0.0438. The number of hydrogen-bond donors (Lipinski definition) is 1. The van der Waals surface area contributed by atoms with Gasteiger partial charge in [-0.15, -0.1) is 0 Å². The number of urea groups is 1. The van der Waals surface area contributed by atoms with Crippen LogP contribution in [-0.4, -0.2) is 59.0 Å². The average Bonchev–Trinajstić information content (AvgIpc) is 2.92. The molecule has 234 valence electrons. The second-order valence-corrected chi connectivity index (χ2v) is 11.6. The first-order valence-corrected chi connectivity index (χ1v) is 14.0. The number of para-hydroxylation sites is 1. The maximum Gasteiger partial charge on any atom is 0.418 e. The van der Waals surface area contributed by atoms with E-state index in [1.807, 2.05) is 0 Å². The molecule has 44 heavy (non-hydrogen) atoms. The number of hydrogen-bond acceptors (Lipinski definition) is 3. The zero-order valence-electron chi connectivity index (χ0n) is 24.3. The zero-order valence-corrected chi connectivity index (χ0v) is 25.1. The van der Waals surface area contributed by atoms with Crippen molar-refractivity contribution in [2.75, 3.05) is 25.0 Å². The highest BCUT2D eigenvalue weighted by atomic mass is 35.5. The van der Waals surface area contributed by atoms with Crippen LogP contribution in [-0.2, 0) is 10.9 Å². The van der Waals surface area contributed by atoms with Crippen LogP contribution in [0.3, 0.4) is 0 Å². The summed E-state index contributed by atoms with van der Waals surface area (Å²) in [5.74, 6) is -1.77. The van der Waals surface area contributed by atoms with E-state index in [9.17, 15) is 27.2 Å². The summed E-state index contributed by atoms with van der Waals surface area (Å²) in [5.41, 5.74) is -2.52. The summed E-state index contributed by atoms with van der Waals surface area (Å²) in [6.45, 7) is 7.16. The Kier molecular flexibility index (Phi) is 9.53. The number of rotatable bonds is 3. The van der Waals surface area contributed by atoms with Crippen molar-refractivity contribution < 1.29 is 36.3 Å². The number of ether oxygens (including phenoxy) is 1. The first-order chi connectivity index (χ1) is 20.5. The molecule has 0 aromatic heterocycles. The average molecular weight is 637 g/mol. The number of piperazine rings is 1. The van der Waals surface area contributed by atoms with E-state index in [0.29, 0.717) is 0 Å². The molecular formula is C31H30ClF5N4O3. The van der Waals surface area contributed by atoms with Crippen LogP contribution in [0.25, 0.3) is 11.1 Å². The highest BCUT2D eigenvalue weighted by molar-refractivity contribution is 6.33. The van der Waals surface area contributed by atoms with Gasteiger partial charge in [0.15, 0.2) is 0 Å². The molecule has 7 nitrogen and oxygen atoms in total. The molecule has 3 aromatic rings. The summed E-state index contributed by atoms with van der Waals surface area (Å²) in [7, 11) is 0. The SMILES string of the molecule is C[C@H]1CN(C(=O)OC(C)(C)C)CCN1/C(=N\C(=O)Nc1ccccc1C(F)(F)F)c1cc(Cl)c(-c2ccccc2F)cc1F. The molecule has 0 unspecified atom stereocenters. The molecular weight excluding hydrogens is 607 g/mol. The molecule has 1 fully saturated rings. The predicted molar refractivity (Wildman–Crippen MR) is 158 cm³/mol. The summed E-state index contributed by atoms with van der Waals surface area (Å²) in [6.07, 6.45) is -5.32. The van der Waals surface area contributed by atoms with Crippen LogP contribution in [0, 0.1) is 11.6 Å². The van der Waals surface area contributed by atoms with E-state index in [4.69, 9.17) is 16.3 Å². The van der Waals surface area contributed by atoms with Gasteiger partial charge >= 0.3 is 18.3 Å². The van der Waals surface area contributed by atoms with E-state index >= 15 is 4.39 Å². The normalized spacial score (nSPS) is 16.1. The minimum atomic E-state index is -4.76. The molecule has 1 atom stereocenters. The van der Waals surface area contributed by atoms with Gasteiger partial charge in [-0.05, 0) is 58.0 Å². The third kappa shape index (κ3) is 7.65. The van der Waals surface area contributed by atoms with Gasteiger partial charge < -0.3 is 19.9 Å². The molecule has 0 bridgehead atoms. The van der Waals surface area contributed by atoms with Gasteiger partial charge in [0.2, 0.25) is 0 Å². The standard InChI is InChI=1S/C31H30ClF5N4O3/c1-18-17-40(29(43)44-30(2,3)4)13-14-41(18)27(39-28(42)38-26-12-8-6-10-22(26)31(35,36)37)21-15-23(32)20(16-25(21)34)19-9-5-7-11-24(19)33/h5-12,15-16,18H,13-14,17H2,1-4H3,(H,38,42)/b39-27-/t18-/m0/s1. The highest BCUT2D eigenvalue weighted by Gasteiger charge is 2.35. The fraction of sp³-hybridized carbons (Fsp3) is 0.323. The van der Waals surface area contributed by atoms with Gasteiger partial charge in [0, 0.05) is 41.8 Å². The van der Waals surface area contributed by atoms with Gasteiger partial charge in [-0.2, -0.15) is 18.2 Å². The molecule has 1 aliphatic heterocycles. The molecule has 1 N–H and O–H groups in total. The van der Waals surface area contributed by atoms with Crippen LogP contribution in [0.15, 0.2) is 65.7 Å². The number of nitrogens with zero attached hydrogens (tertiary/aromatic N) is 3. The second-order valence-electron chi connectivity index (χ2n) is 11.2. The zero-order chi connectivity index (χ0) is 32.4. The number of carbonyl (C=O) groups excluding carboxylic acids is 2. The van der Waals surface area contributed by atoms with Gasteiger partial charge in [0.1, 0.15) is 23.1 Å². The Balaban J connectivity index is 1.74. The Morgan fingerprint density at radius 2 is 1.61 bits per heavy atom. The molecule has 13 heteroatoms. The van der Waals surface area contributed by atoms with Crippen molar-refractivity contribution in [1.82, 2.24) is 9.80 Å². The highest BCUT2D eigenvalue weighted by Crippen LogP contribution is 2.35. The monoisotopic (exact) mass is 636 g/mol. The molecule has 0 radical (unpaired) electrons. The number of amides is 3. The van der Waals surface area contributed by atoms with Gasteiger partial charge in [-0.3, -0.25) is 0 Å². The van der Waals surface area contributed by atoms with Crippen LogP contribution in [0.1, 0.15) is 38.8 Å². The van der Waals surface area contributed by atoms with Crippen molar-refractivity contribution in [3.05, 3.63) is 88.4 Å². The number of carbonyl (C=O) groups is 2. The van der Waals surface area contributed by atoms with E-state index in [1.54, 1.807) is 38.7 Å². The van der Waals surface area contributed by atoms with Crippen molar-refractivity contribution in [2.45, 2.75) is 45.5 Å². The number of nitrogens with one attached hydrogen (secondary N) is 1. The Bertz CT molecular complexity index is 1590. The fourth-order valence-corrected chi connectivity index (χ4v) is 4.99. The molecule has 1 heterocycles. The van der Waals surface area contributed by atoms with E-state index in [1.165, 1.54) is 41.3 Å². The molecule has 0 saturated carbocycles. The van der Waals surface area contributed by atoms with Crippen LogP contribution in [0.5, 0.6) is 0 Å². The predicted octanol–water partition coefficient (Wildman–Crippen LogP) is 8.22. The van der Waals surface area contributed by atoms with Crippen molar-refractivity contribution in [1.29, 1.82) is 0 Å². The van der Waals surface area contributed by atoms with Crippen molar-refractivity contribution in [2.24, 2.45) is 4.99 Å². The van der Waals surface area contributed by atoms with Crippen LogP contribution < -0.4 is 5.32 Å². The lowest BCUT2D eigenvalue weighted by atomic mass is 10.0. The van der Waals surface area contributed by atoms with Crippen LogP contribution >= 0.6 is 11.6 Å². The number of aliphatic imine (C=N–C) groups is 1. The van der Waals surface area contributed by atoms with E-state index in [-0.39, 0.29) is 47.2 Å². The van der Waals surface area contributed by atoms with Crippen LogP contribution in [0.4, 0.5) is 37.2 Å². The quantitative estimate of drug-likeness (QED) is 0.179. The second kappa shape index (κ2) is 12.8. The van der Waals surface area contributed by atoms with Crippen molar-refractivity contribution in [3.8, 4) is 11.1 Å². The number of anilines is 1. The van der Waals surface area contributed by atoms with Crippen molar-refractivity contribution >= 4 is 35.2 Å². The Hall–Kier alpha value is -4.19. The molecule has 3 aromatic carbocycles. The molecule has 0 aliphatic carbocycles. The molecule has 1 aliphatic rings. The van der Waals surface area contributed by atoms with Crippen LogP contribution in [0.2, 0.25) is 5.02 Å². The lowest BCUT2D eigenvalue weighted by Crippen LogP contribution is -2.56. The third-order valence-electron chi connectivity index (χ3n) is 6.69. The molecule has 3 amide bonds. The Morgan fingerprint density at radius 1 is 0.955 bits per heavy atom. The maximum absolute atomic E-state index is 15.8. The number of halogens is 6. The molecule has 0 spiro atoms.